The molecule has 0 aliphatic heterocycles. The molecule has 0 aromatic heterocycles. The lowest BCUT2D eigenvalue weighted by Crippen LogP contribution is -2.31. The highest BCUT2D eigenvalue weighted by atomic mass is 19.3. The number of benzene rings is 2. The average molecular weight is 292 g/mol. The molecule has 0 saturated carbocycles. The summed E-state index contributed by atoms with van der Waals surface area (Å²) < 4.78 is 30.3. The summed E-state index contributed by atoms with van der Waals surface area (Å²) >= 11 is 0. The van der Waals surface area contributed by atoms with E-state index < -0.39 is 6.43 Å². The summed E-state index contributed by atoms with van der Waals surface area (Å²) in [6, 6.07) is 16.3. The van der Waals surface area contributed by atoms with Crippen molar-refractivity contribution in [2.24, 2.45) is 5.73 Å². The highest BCUT2D eigenvalue weighted by Gasteiger charge is 2.12. The van der Waals surface area contributed by atoms with Crippen LogP contribution < -0.4 is 15.8 Å². The van der Waals surface area contributed by atoms with Crippen molar-refractivity contribution in [3.05, 3.63) is 60.2 Å². The first-order valence-electron chi connectivity index (χ1n) is 6.73. The molecule has 0 amide bonds. The zero-order valence-corrected chi connectivity index (χ0v) is 11.5. The lowest BCUT2D eigenvalue weighted by Gasteiger charge is -2.18. The molecule has 0 bridgehead atoms. The molecule has 0 aliphatic rings. The molecule has 0 aliphatic carbocycles. The van der Waals surface area contributed by atoms with Crippen LogP contribution in [-0.4, -0.2) is 19.5 Å². The van der Waals surface area contributed by atoms with Crippen LogP contribution in [0.25, 0.3) is 0 Å². The van der Waals surface area contributed by atoms with E-state index in [1.807, 2.05) is 54.6 Å². The van der Waals surface area contributed by atoms with Gasteiger partial charge in [0.05, 0.1) is 6.54 Å². The zero-order chi connectivity index (χ0) is 15.1. The molecule has 2 rings (SSSR count). The van der Waals surface area contributed by atoms with Crippen LogP contribution in [0.15, 0.2) is 54.6 Å². The number of rotatable bonds is 7. The molecule has 0 heterocycles. The summed E-state index contributed by atoms with van der Waals surface area (Å²) in [6.07, 6.45) is -2.40. The van der Waals surface area contributed by atoms with Crippen molar-refractivity contribution in [1.29, 1.82) is 0 Å². The van der Waals surface area contributed by atoms with Gasteiger partial charge in [0.1, 0.15) is 11.5 Å². The summed E-state index contributed by atoms with van der Waals surface area (Å²) in [5, 5.41) is 2.75. The van der Waals surface area contributed by atoms with Crippen LogP contribution in [0.2, 0.25) is 0 Å². The number of nitrogens with one attached hydrogen (secondary N) is 1. The van der Waals surface area contributed by atoms with Crippen LogP contribution in [-0.2, 0) is 0 Å². The number of ether oxygens (including phenoxy) is 1. The fourth-order valence-electron chi connectivity index (χ4n) is 1.99. The fraction of sp³-hybridized carbons (Fsp3) is 0.250. The molecule has 2 aromatic carbocycles. The molecule has 1 unspecified atom stereocenters. The maximum atomic E-state index is 12.3. The monoisotopic (exact) mass is 292 g/mol. The van der Waals surface area contributed by atoms with Gasteiger partial charge in [-0.2, -0.15) is 0 Å². The van der Waals surface area contributed by atoms with Crippen LogP contribution in [0, 0.1) is 0 Å². The minimum absolute atomic E-state index is 0.238. The number of nitrogens with two attached hydrogens (primary N) is 1. The summed E-state index contributed by atoms with van der Waals surface area (Å²) in [5.41, 5.74) is 6.47. The van der Waals surface area contributed by atoms with Crippen molar-refractivity contribution in [1.82, 2.24) is 5.32 Å². The lowest BCUT2D eigenvalue weighted by atomic mass is 10.1. The molecule has 1 atom stereocenters. The molecular formula is C16H18F2N2O. The summed E-state index contributed by atoms with van der Waals surface area (Å²) in [5.74, 6) is 1.37. The maximum absolute atomic E-state index is 12.3. The molecule has 0 fully saturated rings. The van der Waals surface area contributed by atoms with E-state index in [4.69, 9.17) is 10.5 Å². The standard InChI is InChI=1S/C16H18F2N2O/c17-16(18)11-20-15(10-19)12-5-4-8-14(9-12)21-13-6-2-1-3-7-13/h1-9,15-16,20H,10-11,19H2. The molecule has 0 saturated heterocycles. The van der Waals surface area contributed by atoms with E-state index in [1.165, 1.54) is 0 Å². The molecule has 3 N–H and O–H groups in total. The van der Waals surface area contributed by atoms with Crippen LogP contribution in [0.4, 0.5) is 8.78 Å². The van der Waals surface area contributed by atoms with Gasteiger partial charge in [-0.15, -0.1) is 0 Å². The molecule has 21 heavy (non-hydrogen) atoms. The second-order valence-corrected chi connectivity index (χ2v) is 4.58. The van der Waals surface area contributed by atoms with Crippen LogP contribution in [0.1, 0.15) is 11.6 Å². The minimum atomic E-state index is -2.40. The summed E-state index contributed by atoms with van der Waals surface area (Å²) in [6.45, 7) is -0.146. The predicted octanol–water partition coefficient (Wildman–Crippen LogP) is 3.33. The smallest absolute Gasteiger partial charge is 0.250 e. The highest BCUT2D eigenvalue weighted by Crippen LogP contribution is 2.24. The largest absolute Gasteiger partial charge is 0.457 e. The number of halogens is 2. The van der Waals surface area contributed by atoms with Gasteiger partial charge in [0.15, 0.2) is 0 Å². The van der Waals surface area contributed by atoms with E-state index in [0.29, 0.717) is 5.75 Å². The topological polar surface area (TPSA) is 47.3 Å². The third-order valence-electron chi connectivity index (χ3n) is 2.99. The van der Waals surface area contributed by atoms with Crippen molar-refractivity contribution in [2.75, 3.05) is 13.1 Å². The van der Waals surface area contributed by atoms with Crippen LogP contribution in [0.3, 0.4) is 0 Å². The second-order valence-electron chi connectivity index (χ2n) is 4.58. The van der Waals surface area contributed by atoms with Gasteiger partial charge in [0.2, 0.25) is 0 Å². The van der Waals surface area contributed by atoms with Gasteiger partial charge in [-0.25, -0.2) is 8.78 Å². The van der Waals surface area contributed by atoms with E-state index in [2.05, 4.69) is 5.32 Å². The molecule has 2 aromatic rings. The predicted molar refractivity (Wildman–Crippen MR) is 78.8 cm³/mol. The van der Waals surface area contributed by atoms with Crippen molar-refractivity contribution in [2.45, 2.75) is 12.5 Å². The Morgan fingerprint density at radius 2 is 1.71 bits per heavy atom. The van der Waals surface area contributed by atoms with Crippen molar-refractivity contribution >= 4 is 0 Å². The Kier molecular flexibility index (Phi) is 5.66. The number of hydrogen-bond donors (Lipinski definition) is 2. The van der Waals surface area contributed by atoms with Gasteiger partial charge >= 0.3 is 0 Å². The van der Waals surface area contributed by atoms with E-state index in [0.717, 1.165) is 11.3 Å². The maximum Gasteiger partial charge on any atom is 0.250 e. The zero-order valence-electron chi connectivity index (χ0n) is 11.5. The van der Waals surface area contributed by atoms with Crippen LogP contribution in [0.5, 0.6) is 11.5 Å². The lowest BCUT2D eigenvalue weighted by molar-refractivity contribution is 0.141. The Bertz CT molecular complexity index is 549. The Morgan fingerprint density at radius 1 is 1.00 bits per heavy atom. The Labute approximate surface area is 122 Å². The van der Waals surface area contributed by atoms with E-state index in [9.17, 15) is 8.78 Å². The highest BCUT2D eigenvalue weighted by molar-refractivity contribution is 5.35. The number of para-hydroxylation sites is 1. The van der Waals surface area contributed by atoms with Crippen molar-refractivity contribution < 1.29 is 13.5 Å². The van der Waals surface area contributed by atoms with E-state index in [1.54, 1.807) is 0 Å². The number of hydrogen-bond acceptors (Lipinski definition) is 3. The molecular weight excluding hydrogens is 274 g/mol. The molecule has 0 radical (unpaired) electrons. The second kappa shape index (κ2) is 7.71. The van der Waals surface area contributed by atoms with Gasteiger partial charge in [-0.1, -0.05) is 30.3 Å². The van der Waals surface area contributed by atoms with Crippen LogP contribution >= 0.6 is 0 Å². The Balaban J connectivity index is 2.08. The molecule has 0 spiro atoms. The SMILES string of the molecule is NCC(NCC(F)F)c1cccc(Oc2ccccc2)c1. The van der Waals surface area contributed by atoms with Gasteiger partial charge in [0, 0.05) is 12.6 Å². The molecule has 5 heteroatoms. The first-order valence-corrected chi connectivity index (χ1v) is 6.73. The average Bonchev–Trinajstić information content (AvgIpc) is 2.49. The Morgan fingerprint density at radius 3 is 2.38 bits per heavy atom. The van der Waals surface area contributed by atoms with Gasteiger partial charge in [0.25, 0.3) is 6.43 Å². The molecule has 3 nitrogen and oxygen atoms in total. The number of alkyl halides is 2. The van der Waals surface area contributed by atoms with Gasteiger partial charge < -0.3 is 15.8 Å². The third kappa shape index (κ3) is 4.81. The Hall–Kier alpha value is -1.98. The molecule has 112 valence electrons. The van der Waals surface area contributed by atoms with Crippen molar-refractivity contribution in [3.63, 3.8) is 0 Å². The minimum Gasteiger partial charge on any atom is -0.457 e. The normalized spacial score (nSPS) is 12.4. The third-order valence-corrected chi connectivity index (χ3v) is 2.99. The first-order chi connectivity index (χ1) is 10.2. The summed E-state index contributed by atoms with van der Waals surface area (Å²) in [7, 11) is 0. The van der Waals surface area contributed by atoms with E-state index in [-0.39, 0.29) is 19.1 Å². The van der Waals surface area contributed by atoms with E-state index >= 15 is 0 Å². The fourth-order valence-corrected chi connectivity index (χ4v) is 1.99. The summed E-state index contributed by atoms with van der Waals surface area (Å²) in [4.78, 5) is 0. The van der Waals surface area contributed by atoms with Gasteiger partial charge in [-0.05, 0) is 29.8 Å². The quantitative estimate of drug-likeness (QED) is 0.823. The van der Waals surface area contributed by atoms with Crippen molar-refractivity contribution in [3.8, 4) is 11.5 Å². The van der Waals surface area contributed by atoms with Gasteiger partial charge in [-0.3, -0.25) is 0 Å². The first kappa shape index (κ1) is 15.4.